The van der Waals surface area contributed by atoms with E-state index < -0.39 is 5.60 Å². The monoisotopic (exact) mass is 329 g/mol. The molecular weight excluding hydrogens is 306 g/mol. The minimum absolute atomic E-state index is 0.175. The molecule has 1 aliphatic rings. The maximum absolute atomic E-state index is 12.2. The maximum atomic E-state index is 12.2. The van der Waals surface area contributed by atoms with Crippen LogP contribution in [0.25, 0.3) is 0 Å². The van der Waals surface area contributed by atoms with Crippen molar-refractivity contribution in [2.45, 2.75) is 25.4 Å². The molecule has 2 aromatic rings. The molecule has 0 spiro atoms. The number of carbonyl (C=O) groups is 1. The Balaban J connectivity index is 1.64. The number of carbonyl (C=O) groups excluding carboxylic acids is 1. The Bertz CT molecular complexity index is 729. The molecule has 3 heterocycles. The van der Waals surface area contributed by atoms with Gasteiger partial charge < -0.3 is 19.9 Å². The van der Waals surface area contributed by atoms with Gasteiger partial charge in [-0.1, -0.05) is 0 Å². The van der Waals surface area contributed by atoms with Crippen LogP contribution < -0.4 is 10.2 Å². The smallest absolute Gasteiger partial charge is 0.267 e. The molecule has 0 bridgehead atoms. The molecule has 2 N–H and O–H groups in total. The normalized spacial score (nSPS) is 20.9. The van der Waals surface area contributed by atoms with E-state index in [1.807, 2.05) is 37.2 Å². The summed E-state index contributed by atoms with van der Waals surface area (Å²) >= 11 is 0. The van der Waals surface area contributed by atoms with Crippen molar-refractivity contribution in [3.63, 3.8) is 0 Å². The van der Waals surface area contributed by atoms with E-state index in [0.717, 1.165) is 24.5 Å². The molecule has 2 aromatic heterocycles. The zero-order chi connectivity index (χ0) is 17.2. The molecule has 128 valence electrons. The van der Waals surface area contributed by atoms with E-state index >= 15 is 0 Å². The van der Waals surface area contributed by atoms with Gasteiger partial charge in [0.2, 0.25) is 0 Å². The molecule has 1 saturated heterocycles. The summed E-state index contributed by atoms with van der Waals surface area (Å²) in [6.07, 6.45) is 4.86. The van der Waals surface area contributed by atoms with Crippen LogP contribution in [0.5, 0.6) is 0 Å². The van der Waals surface area contributed by atoms with Crippen LogP contribution in [-0.4, -0.2) is 50.8 Å². The van der Waals surface area contributed by atoms with Gasteiger partial charge in [0.25, 0.3) is 5.91 Å². The number of rotatable bonds is 4. The molecule has 1 amide bonds. The molecule has 7 nitrogen and oxygen atoms in total. The largest absolute Gasteiger partial charge is 0.386 e. The van der Waals surface area contributed by atoms with Crippen LogP contribution in [0.15, 0.2) is 30.7 Å². The zero-order valence-corrected chi connectivity index (χ0v) is 14.1. The number of anilines is 1. The van der Waals surface area contributed by atoms with Gasteiger partial charge in [-0.2, -0.15) is 0 Å². The van der Waals surface area contributed by atoms with Gasteiger partial charge in [-0.3, -0.25) is 4.79 Å². The first-order valence-electron chi connectivity index (χ1n) is 8.12. The lowest BCUT2D eigenvalue weighted by atomic mass is 9.92. The van der Waals surface area contributed by atoms with Crippen LogP contribution in [0, 0.1) is 6.92 Å². The molecule has 7 heteroatoms. The first kappa shape index (κ1) is 16.4. The fraction of sp³-hybridized carbons (Fsp3) is 0.471. The lowest BCUT2D eigenvalue weighted by molar-refractivity contribution is 0.0253. The summed E-state index contributed by atoms with van der Waals surface area (Å²) < 4.78 is 1.76. The first-order valence-corrected chi connectivity index (χ1v) is 8.12. The van der Waals surface area contributed by atoms with E-state index in [-0.39, 0.29) is 12.5 Å². The van der Waals surface area contributed by atoms with Crippen LogP contribution in [0.2, 0.25) is 0 Å². The summed E-state index contributed by atoms with van der Waals surface area (Å²) in [5.41, 5.74) is 0.515. The van der Waals surface area contributed by atoms with Crippen LogP contribution in [0.3, 0.4) is 0 Å². The summed E-state index contributed by atoms with van der Waals surface area (Å²) in [6, 6.07) is 5.49. The van der Waals surface area contributed by atoms with E-state index in [1.54, 1.807) is 10.6 Å². The number of aryl methyl sites for hydroxylation is 2. The average Bonchev–Trinajstić information content (AvgIpc) is 2.99. The predicted molar refractivity (Wildman–Crippen MR) is 90.9 cm³/mol. The third-order valence-corrected chi connectivity index (χ3v) is 4.42. The highest BCUT2D eigenvalue weighted by atomic mass is 16.3. The molecule has 0 radical (unpaired) electrons. The molecule has 24 heavy (non-hydrogen) atoms. The molecule has 1 aliphatic heterocycles. The van der Waals surface area contributed by atoms with Crippen molar-refractivity contribution < 1.29 is 9.90 Å². The van der Waals surface area contributed by atoms with Gasteiger partial charge in [-0.15, -0.1) is 0 Å². The molecule has 0 unspecified atom stereocenters. The van der Waals surface area contributed by atoms with Crippen molar-refractivity contribution >= 4 is 11.7 Å². The topological polar surface area (TPSA) is 83.3 Å². The third kappa shape index (κ3) is 3.56. The van der Waals surface area contributed by atoms with Gasteiger partial charge in [0, 0.05) is 44.6 Å². The molecular formula is C17H23N5O2. The van der Waals surface area contributed by atoms with Crippen molar-refractivity contribution in [3.8, 4) is 0 Å². The molecule has 0 aliphatic carbocycles. The van der Waals surface area contributed by atoms with E-state index in [4.69, 9.17) is 0 Å². The number of aliphatic hydroxyl groups is 1. The average molecular weight is 329 g/mol. The second-order valence-electron chi connectivity index (χ2n) is 6.45. The summed E-state index contributed by atoms with van der Waals surface area (Å²) in [6.45, 7) is 3.42. The fourth-order valence-electron chi connectivity index (χ4n) is 3.10. The molecule has 1 fully saturated rings. The Hall–Kier alpha value is -2.41. The number of hydrogen-bond donors (Lipinski definition) is 2. The Morgan fingerprint density at radius 3 is 3.00 bits per heavy atom. The highest BCUT2D eigenvalue weighted by Gasteiger charge is 2.34. The second-order valence-corrected chi connectivity index (χ2v) is 6.45. The quantitative estimate of drug-likeness (QED) is 0.870. The first-order chi connectivity index (χ1) is 11.5. The number of piperidine rings is 1. The highest BCUT2D eigenvalue weighted by molar-refractivity contribution is 5.92. The van der Waals surface area contributed by atoms with Gasteiger partial charge in [0.1, 0.15) is 17.8 Å². The summed E-state index contributed by atoms with van der Waals surface area (Å²) in [4.78, 5) is 22.7. The summed E-state index contributed by atoms with van der Waals surface area (Å²) in [5, 5.41) is 13.7. The minimum atomic E-state index is -0.960. The second kappa shape index (κ2) is 6.60. The Labute approximate surface area is 141 Å². The van der Waals surface area contributed by atoms with Crippen molar-refractivity contribution in [2.75, 3.05) is 24.5 Å². The fourth-order valence-corrected chi connectivity index (χ4v) is 3.10. The molecule has 0 saturated carbocycles. The highest BCUT2D eigenvalue weighted by Crippen LogP contribution is 2.24. The van der Waals surface area contributed by atoms with E-state index in [9.17, 15) is 9.90 Å². The molecule has 3 rings (SSSR count). The lowest BCUT2D eigenvalue weighted by Crippen LogP contribution is -2.54. The van der Waals surface area contributed by atoms with Gasteiger partial charge >= 0.3 is 0 Å². The zero-order valence-electron chi connectivity index (χ0n) is 14.1. The van der Waals surface area contributed by atoms with Crippen molar-refractivity contribution in [1.82, 2.24) is 19.9 Å². The molecule has 0 aromatic carbocycles. The van der Waals surface area contributed by atoms with Crippen molar-refractivity contribution in [1.29, 1.82) is 0 Å². The van der Waals surface area contributed by atoms with E-state index in [0.29, 0.717) is 18.7 Å². The number of nitrogens with zero attached hydrogens (tertiary/aromatic N) is 4. The van der Waals surface area contributed by atoms with Gasteiger partial charge in [-0.25, -0.2) is 9.97 Å². The van der Waals surface area contributed by atoms with E-state index in [2.05, 4.69) is 15.3 Å². The summed E-state index contributed by atoms with van der Waals surface area (Å²) in [7, 11) is 1.82. The number of aromatic nitrogens is 3. The SMILES string of the molecule is Cc1cc(N2CCC[C@](O)(CNC(=O)c3cccn3C)C2)ncn1. The van der Waals surface area contributed by atoms with Crippen LogP contribution in [0.1, 0.15) is 29.0 Å². The third-order valence-electron chi connectivity index (χ3n) is 4.42. The Morgan fingerprint density at radius 2 is 2.29 bits per heavy atom. The van der Waals surface area contributed by atoms with Crippen molar-refractivity contribution in [2.24, 2.45) is 7.05 Å². The van der Waals surface area contributed by atoms with E-state index in [1.165, 1.54) is 6.33 Å². The Morgan fingerprint density at radius 1 is 1.46 bits per heavy atom. The number of amides is 1. The lowest BCUT2D eigenvalue weighted by Gasteiger charge is -2.39. The van der Waals surface area contributed by atoms with Gasteiger partial charge in [-0.05, 0) is 31.9 Å². The van der Waals surface area contributed by atoms with Crippen LogP contribution in [-0.2, 0) is 7.05 Å². The predicted octanol–water partition coefficient (Wildman–Crippen LogP) is 0.885. The summed E-state index contributed by atoms with van der Waals surface area (Å²) in [5.74, 6) is 0.639. The van der Waals surface area contributed by atoms with Gasteiger partial charge in [0.05, 0.1) is 5.60 Å². The standard InChI is InChI=1S/C17H23N5O2/c1-13-9-15(20-12-19-13)22-8-4-6-17(24,11-22)10-18-16(23)14-5-3-7-21(14)2/h3,5,7,9,12,24H,4,6,8,10-11H2,1-2H3,(H,18,23)/t17-/m0/s1. The van der Waals surface area contributed by atoms with Crippen LogP contribution >= 0.6 is 0 Å². The number of nitrogens with one attached hydrogen (secondary N) is 1. The minimum Gasteiger partial charge on any atom is -0.386 e. The van der Waals surface area contributed by atoms with Crippen LogP contribution in [0.4, 0.5) is 5.82 Å². The van der Waals surface area contributed by atoms with Crippen molar-refractivity contribution in [3.05, 3.63) is 42.1 Å². The number of β-amino-alcohol motifs (C(OH)–C–C–N with tert-alkyl or cyclic N) is 1. The van der Waals surface area contributed by atoms with Gasteiger partial charge in [0.15, 0.2) is 0 Å². The maximum Gasteiger partial charge on any atom is 0.267 e. The number of hydrogen-bond acceptors (Lipinski definition) is 5. The Kier molecular flexibility index (Phi) is 4.53. The molecule has 1 atom stereocenters.